The predicted octanol–water partition coefficient (Wildman–Crippen LogP) is 1.70. The van der Waals surface area contributed by atoms with Crippen molar-refractivity contribution in [2.24, 2.45) is 0 Å². The summed E-state index contributed by atoms with van der Waals surface area (Å²) in [5.41, 5.74) is 0. The van der Waals surface area contributed by atoms with Crippen molar-refractivity contribution in [2.45, 2.75) is 6.42 Å². The summed E-state index contributed by atoms with van der Waals surface area (Å²) in [6.07, 6.45) is 2.45. The molecule has 0 radical (unpaired) electrons. The van der Waals surface area contributed by atoms with E-state index in [2.05, 4.69) is 31.2 Å². The van der Waals surface area contributed by atoms with Crippen LogP contribution in [-0.2, 0) is 9.47 Å². The highest BCUT2D eigenvalue weighted by molar-refractivity contribution is 9.10. The van der Waals surface area contributed by atoms with Gasteiger partial charge in [-0.2, -0.15) is 0 Å². The van der Waals surface area contributed by atoms with E-state index in [-0.39, 0.29) is 0 Å². The molecule has 0 aliphatic rings. The molecule has 0 aliphatic carbocycles. The first-order valence-corrected chi connectivity index (χ1v) is 5.90. The average Bonchev–Trinajstić information content (AvgIpc) is 2.28. The van der Waals surface area contributed by atoms with Gasteiger partial charge in [0.05, 0.1) is 13.2 Å². The van der Waals surface area contributed by atoms with Gasteiger partial charge in [0.1, 0.15) is 16.7 Å². The summed E-state index contributed by atoms with van der Waals surface area (Å²) >= 11 is 3.28. The van der Waals surface area contributed by atoms with Crippen molar-refractivity contribution in [3.8, 4) is 0 Å². The fourth-order valence-corrected chi connectivity index (χ4v) is 1.37. The molecule has 1 heterocycles. The first-order valence-electron chi connectivity index (χ1n) is 5.11. The molecule has 0 saturated carbocycles. The minimum Gasteiger partial charge on any atom is -0.382 e. The summed E-state index contributed by atoms with van der Waals surface area (Å²) in [6.45, 7) is 2.85. The van der Waals surface area contributed by atoms with Crippen molar-refractivity contribution >= 4 is 21.7 Å². The van der Waals surface area contributed by atoms with Crippen molar-refractivity contribution in [3.63, 3.8) is 0 Å². The monoisotopic (exact) mass is 289 g/mol. The Labute approximate surface area is 104 Å². The maximum absolute atomic E-state index is 5.33. The number of nitrogens with zero attached hydrogens (tertiary/aromatic N) is 2. The SMILES string of the molecule is COCCOCCCNc1cc(Br)ncn1. The third-order valence-electron chi connectivity index (χ3n) is 1.84. The molecule has 0 unspecified atom stereocenters. The van der Waals surface area contributed by atoms with E-state index in [1.165, 1.54) is 6.33 Å². The molecule has 90 valence electrons. The zero-order valence-corrected chi connectivity index (χ0v) is 10.9. The molecule has 0 spiro atoms. The van der Waals surface area contributed by atoms with E-state index in [1.807, 2.05) is 6.07 Å². The zero-order chi connectivity index (χ0) is 11.6. The minimum atomic E-state index is 0.645. The van der Waals surface area contributed by atoms with Crippen LogP contribution in [0, 0.1) is 0 Å². The van der Waals surface area contributed by atoms with Gasteiger partial charge in [-0.15, -0.1) is 0 Å². The third-order valence-corrected chi connectivity index (χ3v) is 2.27. The number of aromatic nitrogens is 2. The first-order chi connectivity index (χ1) is 7.83. The van der Waals surface area contributed by atoms with Crippen LogP contribution in [0.3, 0.4) is 0 Å². The van der Waals surface area contributed by atoms with E-state index in [4.69, 9.17) is 9.47 Å². The summed E-state index contributed by atoms with van der Waals surface area (Å²) in [5.74, 6) is 0.818. The number of methoxy groups -OCH3 is 1. The van der Waals surface area contributed by atoms with Crippen LogP contribution in [0.25, 0.3) is 0 Å². The van der Waals surface area contributed by atoms with Crippen LogP contribution < -0.4 is 5.32 Å². The van der Waals surface area contributed by atoms with Gasteiger partial charge in [-0.05, 0) is 22.4 Å². The van der Waals surface area contributed by atoms with Crippen LogP contribution in [0.15, 0.2) is 17.0 Å². The summed E-state index contributed by atoms with van der Waals surface area (Å²) in [5, 5.41) is 3.18. The summed E-state index contributed by atoms with van der Waals surface area (Å²) < 4.78 is 11.0. The lowest BCUT2D eigenvalue weighted by molar-refractivity contribution is 0.0705. The molecule has 0 fully saturated rings. The molecule has 0 atom stereocenters. The normalized spacial score (nSPS) is 10.4. The topological polar surface area (TPSA) is 56.3 Å². The predicted molar refractivity (Wildman–Crippen MR) is 65.5 cm³/mol. The average molecular weight is 290 g/mol. The Morgan fingerprint density at radius 3 is 2.94 bits per heavy atom. The second kappa shape index (κ2) is 8.43. The van der Waals surface area contributed by atoms with Crippen LogP contribution in [0.4, 0.5) is 5.82 Å². The Balaban J connectivity index is 2.03. The maximum atomic E-state index is 5.33. The van der Waals surface area contributed by atoms with E-state index in [0.29, 0.717) is 13.2 Å². The van der Waals surface area contributed by atoms with Gasteiger partial charge >= 0.3 is 0 Å². The summed E-state index contributed by atoms with van der Waals surface area (Å²) in [4.78, 5) is 8.02. The number of halogens is 1. The summed E-state index contributed by atoms with van der Waals surface area (Å²) in [7, 11) is 1.66. The largest absolute Gasteiger partial charge is 0.382 e. The van der Waals surface area contributed by atoms with E-state index >= 15 is 0 Å². The molecule has 1 N–H and O–H groups in total. The van der Waals surface area contributed by atoms with Gasteiger partial charge in [0.15, 0.2) is 0 Å². The molecule has 1 aromatic rings. The van der Waals surface area contributed by atoms with Gasteiger partial charge in [0, 0.05) is 26.3 Å². The highest BCUT2D eigenvalue weighted by Gasteiger charge is 1.95. The molecular weight excluding hydrogens is 274 g/mol. The molecule has 0 amide bonds. The van der Waals surface area contributed by atoms with Crippen LogP contribution in [-0.4, -0.2) is 43.4 Å². The highest BCUT2D eigenvalue weighted by Crippen LogP contribution is 2.08. The van der Waals surface area contributed by atoms with Crippen molar-refractivity contribution in [1.29, 1.82) is 0 Å². The van der Waals surface area contributed by atoms with E-state index in [9.17, 15) is 0 Å². The minimum absolute atomic E-state index is 0.645. The molecule has 16 heavy (non-hydrogen) atoms. The molecule has 1 aromatic heterocycles. The summed E-state index contributed by atoms with van der Waals surface area (Å²) in [6, 6.07) is 1.84. The van der Waals surface area contributed by atoms with Gasteiger partial charge in [-0.3, -0.25) is 0 Å². The van der Waals surface area contributed by atoms with Gasteiger partial charge in [0.2, 0.25) is 0 Å². The fraction of sp³-hybridized carbons (Fsp3) is 0.600. The Bertz CT molecular complexity index is 299. The van der Waals surface area contributed by atoms with E-state index < -0.39 is 0 Å². The van der Waals surface area contributed by atoms with Gasteiger partial charge < -0.3 is 14.8 Å². The second-order valence-corrected chi connectivity index (χ2v) is 3.92. The number of ether oxygens (including phenoxy) is 2. The van der Waals surface area contributed by atoms with Crippen LogP contribution in [0.2, 0.25) is 0 Å². The van der Waals surface area contributed by atoms with Crippen LogP contribution in [0.5, 0.6) is 0 Å². The lowest BCUT2D eigenvalue weighted by Crippen LogP contribution is -2.09. The number of rotatable bonds is 8. The van der Waals surface area contributed by atoms with Gasteiger partial charge in [0.25, 0.3) is 0 Å². The van der Waals surface area contributed by atoms with E-state index in [1.54, 1.807) is 7.11 Å². The highest BCUT2D eigenvalue weighted by atomic mass is 79.9. The molecule has 0 aliphatic heterocycles. The Morgan fingerprint density at radius 2 is 2.19 bits per heavy atom. The van der Waals surface area contributed by atoms with Crippen LogP contribution >= 0.6 is 15.9 Å². The molecule has 6 heteroatoms. The van der Waals surface area contributed by atoms with Gasteiger partial charge in [-0.1, -0.05) is 0 Å². The molecule has 0 bridgehead atoms. The molecule has 5 nitrogen and oxygen atoms in total. The number of anilines is 1. The van der Waals surface area contributed by atoms with Crippen molar-refractivity contribution < 1.29 is 9.47 Å². The van der Waals surface area contributed by atoms with Gasteiger partial charge in [-0.25, -0.2) is 9.97 Å². The lowest BCUT2D eigenvalue weighted by atomic mass is 10.4. The Morgan fingerprint density at radius 1 is 1.31 bits per heavy atom. The van der Waals surface area contributed by atoms with Crippen LogP contribution in [0.1, 0.15) is 6.42 Å². The molecule has 0 saturated heterocycles. The number of nitrogens with one attached hydrogen (secondary N) is 1. The quantitative estimate of drug-likeness (QED) is 0.583. The zero-order valence-electron chi connectivity index (χ0n) is 9.28. The molecule has 0 aromatic carbocycles. The molecular formula is C10H16BrN3O2. The third kappa shape index (κ3) is 5.99. The standard InChI is InChI=1S/C10H16BrN3O2/c1-15-5-6-16-4-2-3-12-10-7-9(11)13-8-14-10/h7-8H,2-6H2,1H3,(H,12,13,14). The van der Waals surface area contributed by atoms with Crippen molar-refractivity contribution in [2.75, 3.05) is 38.8 Å². The number of hydrogen-bond donors (Lipinski definition) is 1. The first kappa shape index (κ1) is 13.3. The Hall–Kier alpha value is -0.720. The molecule has 1 rings (SSSR count). The van der Waals surface area contributed by atoms with Crippen molar-refractivity contribution in [3.05, 3.63) is 17.0 Å². The fourth-order valence-electron chi connectivity index (χ4n) is 1.07. The van der Waals surface area contributed by atoms with E-state index in [0.717, 1.165) is 30.0 Å². The number of hydrogen-bond acceptors (Lipinski definition) is 5. The smallest absolute Gasteiger partial charge is 0.130 e. The van der Waals surface area contributed by atoms with Crippen molar-refractivity contribution in [1.82, 2.24) is 9.97 Å². The lowest BCUT2D eigenvalue weighted by Gasteiger charge is -2.06. The Kier molecular flexibility index (Phi) is 7.03. The second-order valence-electron chi connectivity index (χ2n) is 3.11. The maximum Gasteiger partial charge on any atom is 0.130 e.